The fraction of sp³-hybridized carbons (Fsp3) is 0.250. The minimum atomic E-state index is 0.281. The lowest BCUT2D eigenvalue weighted by Gasteiger charge is -2.09. The summed E-state index contributed by atoms with van der Waals surface area (Å²) in [6, 6.07) is 7.19. The summed E-state index contributed by atoms with van der Waals surface area (Å²) in [4.78, 5) is 11.4. The number of anilines is 1. The van der Waals surface area contributed by atoms with Crippen molar-refractivity contribution in [2.24, 2.45) is 0 Å². The third-order valence-corrected chi connectivity index (χ3v) is 4.64. The van der Waals surface area contributed by atoms with Crippen molar-refractivity contribution in [2.45, 2.75) is 27.3 Å². The summed E-state index contributed by atoms with van der Waals surface area (Å²) in [5.74, 6) is 1.94. The normalized spacial score (nSPS) is 11.0. The standard InChI is InChI=1S/C16H17N3OS/c1-9-10(2)21-16-14(9)15(18-11(3)19-16)17-8-12-4-6-13(20)7-5-12/h4-7,20H,8H2,1-3H3,(H,17,18,19). The van der Waals surface area contributed by atoms with Gasteiger partial charge in [-0.3, -0.25) is 0 Å². The first kappa shape index (κ1) is 13.8. The fourth-order valence-corrected chi connectivity index (χ4v) is 3.36. The molecule has 0 bridgehead atoms. The molecule has 0 saturated carbocycles. The molecule has 108 valence electrons. The average molecular weight is 299 g/mol. The maximum Gasteiger partial charge on any atom is 0.139 e. The Bertz CT molecular complexity index is 793. The average Bonchev–Trinajstić information content (AvgIpc) is 2.73. The molecule has 0 fully saturated rings. The van der Waals surface area contributed by atoms with Crippen LogP contribution in [0.2, 0.25) is 0 Å². The van der Waals surface area contributed by atoms with E-state index in [-0.39, 0.29) is 5.75 Å². The van der Waals surface area contributed by atoms with Gasteiger partial charge in [0.2, 0.25) is 0 Å². The van der Waals surface area contributed by atoms with Crippen LogP contribution >= 0.6 is 11.3 Å². The van der Waals surface area contributed by atoms with Gasteiger partial charge in [0, 0.05) is 11.4 Å². The van der Waals surface area contributed by atoms with E-state index in [1.807, 2.05) is 19.1 Å². The third-order valence-electron chi connectivity index (χ3n) is 3.54. The molecule has 1 aromatic carbocycles. The van der Waals surface area contributed by atoms with Gasteiger partial charge >= 0.3 is 0 Å². The molecule has 2 N–H and O–H groups in total. The van der Waals surface area contributed by atoms with Crippen LogP contribution in [0.25, 0.3) is 10.2 Å². The number of aryl methyl sites for hydroxylation is 3. The number of thiophene rings is 1. The number of nitrogens with zero attached hydrogens (tertiary/aromatic N) is 2. The van der Waals surface area contributed by atoms with Crippen molar-refractivity contribution in [3.8, 4) is 5.75 Å². The molecule has 5 heteroatoms. The number of phenolic OH excluding ortho intramolecular Hbond substituents is 1. The van der Waals surface area contributed by atoms with Crippen molar-refractivity contribution < 1.29 is 5.11 Å². The predicted octanol–water partition coefficient (Wildman–Crippen LogP) is 3.93. The molecule has 0 atom stereocenters. The number of aromatic hydroxyl groups is 1. The fourth-order valence-electron chi connectivity index (χ4n) is 2.28. The molecule has 0 aliphatic heterocycles. The minimum absolute atomic E-state index is 0.281. The van der Waals surface area contributed by atoms with E-state index in [1.54, 1.807) is 23.5 Å². The lowest BCUT2D eigenvalue weighted by atomic mass is 10.2. The molecule has 0 aliphatic rings. The minimum Gasteiger partial charge on any atom is -0.508 e. The second kappa shape index (κ2) is 5.33. The highest BCUT2D eigenvalue weighted by Gasteiger charge is 2.13. The molecule has 2 aromatic heterocycles. The Morgan fingerprint density at radius 3 is 2.52 bits per heavy atom. The van der Waals surface area contributed by atoms with E-state index >= 15 is 0 Å². The van der Waals surface area contributed by atoms with Gasteiger partial charge < -0.3 is 10.4 Å². The van der Waals surface area contributed by atoms with Gasteiger partial charge in [0.15, 0.2) is 0 Å². The van der Waals surface area contributed by atoms with Crippen LogP contribution in [0.15, 0.2) is 24.3 Å². The SMILES string of the molecule is Cc1nc(NCc2ccc(O)cc2)c2c(C)c(C)sc2n1. The first-order valence-corrected chi connectivity index (χ1v) is 7.62. The molecular weight excluding hydrogens is 282 g/mol. The number of benzene rings is 1. The van der Waals surface area contributed by atoms with Crippen LogP contribution in [-0.2, 0) is 6.54 Å². The molecule has 2 heterocycles. The first-order chi connectivity index (χ1) is 10.0. The van der Waals surface area contributed by atoms with Crippen molar-refractivity contribution in [1.82, 2.24) is 9.97 Å². The van der Waals surface area contributed by atoms with Gasteiger partial charge in [-0.25, -0.2) is 9.97 Å². The molecule has 3 rings (SSSR count). The van der Waals surface area contributed by atoms with Crippen LogP contribution in [0.4, 0.5) is 5.82 Å². The Balaban J connectivity index is 1.94. The number of aromatic nitrogens is 2. The Kier molecular flexibility index (Phi) is 3.51. The van der Waals surface area contributed by atoms with Gasteiger partial charge in [0.25, 0.3) is 0 Å². The molecule has 0 radical (unpaired) electrons. The number of rotatable bonds is 3. The van der Waals surface area contributed by atoms with E-state index in [0.29, 0.717) is 6.54 Å². The van der Waals surface area contributed by atoms with Gasteiger partial charge in [0.05, 0.1) is 5.39 Å². The summed E-state index contributed by atoms with van der Waals surface area (Å²) < 4.78 is 0. The molecule has 0 unspecified atom stereocenters. The number of fused-ring (bicyclic) bond motifs is 1. The lowest BCUT2D eigenvalue weighted by molar-refractivity contribution is 0.475. The van der Waals surface area contributed by atoms with E-state index in [1.165, 1.54) is 10.4 Å². The van der Waals surface area contributed by atoms with E-state index in [9.17, 15) is 5.11 Å². The Morgan fingerprint density at radius 2 is 1.81 bits per heavy atom. The summed E-state index contributed by atoms with van der Waals surface area (Å²) in [5.41, 5.74) is 2.34. The molecule has 4 nitrogen and oxygen atoms in total. The van der Waals surface area contributed by atoms with Crippen molar-refractivity contribution in [3.63, 3.8) is 0 Å². The topological polar surface area (TPSA) is 58.0 Å². The van der Waals surface area contributed by atoms with E-state index in [0.717, 1.165) is 27.4 Å². The largest absolute Gasteiger partial charge is 0.508 e. The summed E-state index contributed by atoms with van der Waals surface area (Å²) in [7, 11) is 0. The van der Waals surface area contributed by atoms with Crippen LogP contribution in [0.5, 0.6) is 5.75 Å². The van der Waals surface area contributed by atoms with Crippen LogP contribution in [0, 0.1) is 20.8 Å². The van der Waals surface area contributed by atoms with Crippen LogP contribution in [-0.4, -0.2) is 15.1 Å². The van der Waals surface area contributed by atoms with Crippen molar-refractivity contribution in [1.29, 1.82) is 0 Å². The van der Waals surface area contributed by atoms with Gasteiger partial charge in [-0.15, -0.1) is 11.3 Å². The molecule has 0 spiro atoms. The van der Waals surface area contributed by atoms with Crippen molar-refractivity contribution in [3.05, 3.63) is 46.1 Å². The van der Waals surface area contributed by atoms with Gasteiger partial charge in [-0.2, -0.15) is 0 Å². The van der Waals surface area contributed by atoms with Crippen molar-refractivity contribution in [2.75, 3.05) is 5.32 Å². The Labute approximate surface area is 127 Å². The highest BCUT2D eigenvalue weighted by molar-refractivity contribution is 7.18. The summed E-state index contributed by atoms with van der Waals surface area (Å²) >= 11 is 1.71. The van der Waals surface area contributed by atoms with Crippen LogP contribution < -0.4 is 5.32 Å². The zero-order chi connectivity index (χ0) is 15.0. The van der Waals surface area contributed by atoms with E-state index in [4.69, 9.17) is 0 Å². The highest BCUT2D eigenvalue weighted by Crippen LogP contribution is 2.33. The van der Waals surface area contributed by atoms with Gasteiger partial charge in [0.1, 0.15) is 22.2 Å². The third kappa shape index (κ3) is 2.69. The summed E-state index contributed by atoms with van der Waals surface area (Å²) in [6.07, 6.45) is 0. The molecular formula is C16H17N3OS. The Morgan fingerprint density at radius 1 is 1.10 bits per heavy atom. The van der Waals surface area contributed by atoms with Gasteiger partial charge in [-0.05, 0) is 44.0 Å². The number of hydrogen-bond donors (Lipinski definition) is 2. The lowest BCUT2D eigenvalue weighted by Crippen LogP contribution is -2.03. The maximum atomic E-state index is 9.32. The molecule has 0 amide bonds. The molecule has 0 saturated heterocycles. The van der Waals surface area contributed by atoms with Crippen molar-refractivity contribution >= 4 is 27.4 Å². The first-order valence-electron chi connectivity index (χ1n) is 6.80. The maximum absolute atomic E-state index is 9.32. The summed E-state index contributed by atoms with van der Waals surface area (Å²) in [6.45, 7) is 6.80. The zero-order valence-corrected chi connectivity index (χ0v) is 13.1. The van der Waals surface area contributed by atoms with Crippen LogP contribution in [0.3, 0.4) is 0 Å². The second-order valence-corrected chi connectivity index (χ2v) is 6.31. The number of phenols is 1. The number of nitrogens with one attached hydrogen (secondary N) is 1. The van der Waals surface area contributed by atoms with E-state index < -0.39 is 0 Å². The molecule has 3 aromatic rings. The molecule has 21 heavy (non-hydrogen) atoms. The predicted molar refractivity (Wildman–Crippen MR) is 87.1 cm³/mol. The number of hydrogen-bond acceptors (Lipinski definition) is 5. The zero-order valence-electron chi connectivity index (χ0n) is 12.3. The smallest absolute Gasteiger partial charge is 0.139 e. The van der Waals surface area contributed by atoms with Crippen LogP contribution in [0.1, 0.15) is 21.8 Å². The van der Waals surface area contributed by atoms with Gasteiger partial charge in [-0.1, -0.05) is 12.1 Å². The Hall–Kier alpha value is -2.14. The monoisotopic (exact) mass is 299 g/mol. The van der Waals surface area contributed by atoms with E-state index in [2.05, 4.69) is 29.1 Å². The molecule has 0 aliphatic carbocycles. The summed E-state index contributed by atoms with van der Waals surface area (Å²) in [5, 5.41) is 13.8. The highest BCUT2D eigenvalue weighted by atomic mass is 32.1. The quantitative estimate of drug-likeness (QED) is 0.769. The second-order valence-electron chi connectivity index (χ2n) is 5.10.